The zero-order valence-corrected chi connectivity index (χ0v) is 17.8. The zero-order chi connectivity index (χ0) is 21.0. The first-order chi connectivity index (χ1) is 15.3. The summed E-state index contributed by atoms with van der Waals surface area (Å²) in [6, 6.07) is 10.6. The van der Waals surface area contributed by atoms with Gasteiger partial charge in [-0.25, -0.2) is 9.97 Å². The second-order valence-corrected chi connectivity index (χ2v) is 8.03. The van der Waals surface area contributed by atoms with E-state index in [9.17, 15) is 0 Å². The van der Waals surface area contributed by atoms with Gasteiger partial charge in [0.05, 0.1) is 36.6 Å². The van der Waals surface area contributed by atoms with Crippen molar-refractivity contribution >= 4 is 22.5 Å². The summed E-state index contributed by atoms with van der Waals surface area (Å²) in [6.45, 7) is 7.84. The fraction of sp³-hybridized carbons (Fsp3) is 0.435. The molecule has 0 amide bonds. The second kappa shape index (κ2) is 9.13. The Bertz CT molecular complexity index is 1020. The van der Waals surface area contributed by atoms with Crippen molar-refractivity contribution < 1.29 is 9.47 Å². The number of benzene rings is 1. The molecule has 2 fully saturated rings. The van der Waals surface area contributed by atoms with Gasteiger partial charge >= 0.3 is 0 Å². The maximum Gasteiger partial charge on any atom is 0.154 e. The van der Waals surface area contributed by atoms with Crippen LogP contribution in [0.1, 0.15) is 6.92 Å². The monoisotopic (exact) mass is 420 g/mol. The highest BCUT2D eigenvalue weighted by atomic mass is 16.5. The van der Waals surface area contributed by atoms with E-state index in [1.807, 2.05) is 6.07 Å². The highest BCUT2D eigenvalue weighted by molar-refractivity contribution is 5.88. The molecule has 0 bridgehead atoms. The number of anilines is 2. The average molecular weight is 421 g/mol. The van der Waals surface area contributed by atoms with E-state index >= 15 is 0 Å². The van der Waals surface area contributed by atoms with E-state index in [1.165, 1.54) is 5.69 Å². The van der Waals surface area contributed by atoms with Gasteiger partial charge in [-0.3, -0.25) is 4.98 Å². The quantitative estimate of drug-likeness (QED) is 0.651. The van der Waals surface area contributed by atoms with Crippen LogP contribution in [0.4, 0.5) is 11.5 Å². The minimum Gasteiger partial charge on any atom is -0.375 e. The van der Waals surface area contributed by atoms with E-state index in [2.05, 4.69) is 56.7 Å². The van der Waals surface area contributed by atoms with Crippen molar-refractivity contribution in [2.75, 3.05) is 56.2 Å². The van der Waals surface area contributed by atoms with Crippen LogP contribution in [-0.2, 0) is 9.47 Å². The fourth-order valence-electron chi connectivity index (χ4n) is 4.10. The van der Waals surface area contributed by atoms with Gasteiger partial charge in [0.15, 0.2) is 5.82 Å². The van der Waals surface area contributed by atoms with E-state index in [0.717, 1.165) is 67.5 Å². The van der Waals surface area contributed by atoms with Crippen molar-refractivity contribution in [2.45, 2.75) is 19.1 Å². The van der Waals surface area contributed by atoms with Crippen LogP contribution in [0, 0.1) is 0 Å². The highest BCUT2D eigenvalue weighted by Crippen LogP contribution is 2.27. The van der Waals surface area contributed by atoms with Crippen LogP contribution in [0.2, 0.25) is 0 Å². The SMILES string of the molecule is CC1CN(c2ccc(-c3cc4nccnc4c(NCC4CNCCO4)n3)cc2)CCO1. The molecule has 8 heteroatoms. The molecule has 0 radical (unpaired) electrons. The van der Waals surface area contributed by atoms with E-state index in [4.69, 9.17) is 14.5 Å². The Morgan fingerprint density at radius 2 is 2.00 bits per heavy atom. The third-order valence-corrected chi connectivity index (χ3v) is 5.73. The van der Waals surface area contributed by atoms with Gasteiger partial charge in [-0.2, -0.15) is 0 Å². The van der Waals surface area contributed by atoms with Crippen molar-refractivity contribution in [3.05, 3.63) is 42.7 Å². The first kappa shape index (κ1) is 20.1. The molecule has 2 unspecified atom stereocenters. The standard InChI is InChI=1S/C23H28N6O2/c1-16-15-29(9-11-30-16)18-4-2-17(3-5-18)20-12-21-22(26-7-6-25-21)23(28-20)27-14-19-13-24-8-10-31-19/h2-7,12,16,19,24H,8-11,13-15H2,1H3,(H,27,28). The predicted molar refractivity (Wildman–Crippen MR) is 121 cm³/mol. The lowest BCUT2D eigenvalue weighted by Crippen LogP contribution is -2.42. The largest absolute Gasteiger partial charge is 0.375 e. The fourth-order valence-corrected chi connectivity index (χ4v) is 4.10. The third-order valence-electron chi connectivity index (χ3n) is 5.73. The van der Waals surface area contributed by atoms with Gasteiger partial charge in [-0.05, 0) is 25.1 Å². The van der Waals surface area contributed by atoms with Gasteiger partial charge in [-0.15, -0.1) is 0 Å². The Hall–Kier alpha value is -2.81. The third kappa shape index (κ3) is 4.61. The van der Waals surface area contributed by atoms with Crippen LogP contribution >= 0.6 is 0 Å². The Kier molecular flexibility index (Phi) is 5.93. The molecule has 162 valence electrons. The summed E-state index contributed by atoms with van der Waals surface area (Å²) in [4.78, 5) is 16.3. The van der Waals surface area contributed by atoms with Gasteiger partial charge < -0.3 is 25.0 Å². The summed E-state index contributed by atoms with van der Waals surface area (Å²) in [6.07, 6.45) is 3.78. The van der Waals surface area contributed by atoms with Crippen molar-refractivity contribution in [3.8, 4) is 11.3 Å². The zero-order valence-electron chi connectivity index (χ0n) is 17.8. The van der Waals surface area contributed by atoms with E-state index in [0.29, 0.717) is 6.54 Å². The van der Waals surface area contributed by atoms with Gasteiger partial charge in [0, 0.05) is 56.4 Å². The molecule has 1 aromatic carbocycles. The average Bonchev–Trinajstić information content (AvgIpc) is 2.83. The summed E-state index contributed by atoms with van der Waals surface area (Å²) in [7, 11) is 0. The molecule has 4 heterocycles. The van der Waals surface area contributed by atoms with Gasteiger partial charge in [0.2, 0.25) is 0 Å². The lowest BCUT2D eigenvalue weighted by Gasteiger charge is -2.33. The maximum atomic E-state index is 5.80. The number of nitrogens with zero attached hydrogens (tertiary/aromatic N) is 4. The van der Waals surface area contributed by atoms with Crippen molar-refractivity contribution in [2.24, 2.45) is 0 Å². The van der Waals surface area contributed by atoms with Gasteiger partial charge in [-0.1, -0.05) is 12.1 Å². The molecule has 2 aromatic heterocycles. The number of fused-ring (bicyclic) bond motifs is 1. The number of morpholine rings is 2. The molecule has 2 aliphatic heterocycles. The minimum atomic E-state index is 0.112. The van der Waals surface area contributed by atoms with Crippen molar-refractivity contribution in [1.82, 2.24) is 20.3 Å². The van der Waals surface area contributed by atoms with Crippen LogP contribution in [-0.4, -0.2) is 73.1 Å². The summed E-state index contributed by atoms with van der Waals surface area (Å²) in [5.41, 5.74) is 4.73. The second-order valence-electron chi connectivity index (χ2n) is 8.03. The lowest BCUT2D eigenvalue weighted by atomic mass is 10.1. The molecule has 0 spiro atoms. The molecule has 3 aromatic rings. The van der Waals surface area contributed by atoms with Crippen LogP contribution in [0.15, 0.2) is 42.7 Å². The van der Waals surface area contributed by atoms with Gasteiger partial charge in [0.1, 0.15) is 5.52 Å². The number of aromatic nitrogens is 3. The summed E-state index contributed by atoms with van der Waals surface area (Å²) < 4.78 is 11.5. The smallest absolute Gasteiger partial charge is 0.154 e. The Morgan fingerprint density at radius 1 is 1.13 bits per heavy atom. The maximum absolute atomic E-state index is 5.80. The Morgan fingerprint density at radius 3 is 2.81 bits per heavy atom. The topological polar surface area (TPSA) is 84.4 Å². The van der Waals surface area contributed by atoms with Crippen LogP contribution in [0.25, 0.3) is 22.3 Å². The van der Waals surface area contributed by atoms with Crippen LogP contribution in [0.3, 0.4) is 0 Å². The number of nitrogens with one attached hydrogen (secondary N) is 2. The Labute approximate surface area is 182 Å². The Balaban J connectivity index is 1.40. The molecule has 2 N–H and O–H groups in total. The molecule has 2 saturated heterocycles. The predicted octanol–water partition coefficient (Wildman–Crippen LogP) is 2.32. The first-order valence-corrected chi connectivity index (χ1v) is 10.9. The number of rotatable bonds is 5. The molecule has 0 saturated carbocycles. The summed E-state index contributed by atoms with van der Waals surface area (Å²) in [5, 5.41) is 6.79. The summed E-state index contributed by atoms with van der Waals surface area (Å²) in [5.74, 6) is 0.737. The molecule has 2 aliphatic rings. The number of hydrogen-bond acceptors (Lipinski definition) is 8. The van der Waals surface area contributed by atoms with Crippen LogP contribution < -0.4 is 15.5 Å². The first-order valence-electron chi connectivity index (χ1n) is 10.9. The van der Waals surface area contributed by atoms with Gasteiger partial charge in [0.25, 0.3) is 0 Å². The van der Waals surface area contributed by atoms with Crippen LogP contribution in [0.5, 0.6) is 0 Å². The minimum absolute atomic E-state index is 0.112. The van der Waals surface area contributed by atoms with Crippen molar-refractivity contribution in [3.63, 3.8) is 0 Å². The van der Waals surface area contributed by atoms with Crippen molar-refractivity contribution in [1.29, 1.82) is 0 Å². The highest BCUT2D eigenvalue weighted by Gasteiger charge is 2.18. The molecule has 8 nitrogen and oxygen atoms in total. The normalized spacial score (nSPS) is 21.9. The molecule has 5 rings (SSSR count). The van der Waals surface area contributed by atoms with E-state index in [-0.39, 0.29) is 12.2 Å². The summed E-state index contributed by atoms with van der Waals surface area (Å²) >= 11 is 0. The van der Waals surface area contributed by atoms with E-state index < -0.39 is 0 Å². The molecular formula is C23H28N6O2. The number of hydrogen-bond donors (Lipinski definition) is 2. The number of pyridine rings is 1. The molecule has 2 atom stereocenters. The molecule has 31 heavy (non-hydrogen) atoms. The lowest BCUT2D eigenvalue weighted by molar-refractivity contribution is 0.0372. The van der Waals surface area contributed by atoms with E-state index in [1.54, 1.807) is 12.4 Å². The molecule has 0 aliphatic carbocycles. The molecular weight excluding hydrogens is 392 g/mol. The number of ether oxygens (including phenoxy) is 2.